The predicted octanol–water partition coefficient (Wildman–Crippen LogP) is 0.205. The highest BCUT2D eigenvalue weighted by Crippen LogP contribution is 2.02. The number of halogens is 1. The topological polar surface area (TPSA) is 104 Å². The first kappa shape index (κ1) is 16.1. The molecule has 0 aliphatic heterocycles. The van der Waals surface area contributed by atoms with Crippen molar-refractivity contribution in [1.82, 2.24) is 0 Å². The normalized spacial score (nSPS) is 10.3. The van der Waals surface area contributed by atoms with E-state index in [1.165, 1.54) is 0 Å². The standard InChI is InChI=1S/C6H6O.C3H7NO3.ClH/c7-6-4-2-1-3-5-6;4-2(1-5)3(6)7;/h1-5,7H;2,5H,1,4H2,(H,6,7);1H. The number of para-hydroxylation sites is 1. The van der Waals surface area contributed by atoms with Gasteiger partial charge in [0, 0.05) is 0 Å². The Morgan fingerprint density at radius 3 is 1.93 bits per heavy atom. The molecule has 1 unspecified atom stereocenters. The maximum Gasteiger partial charge on any atom is 0.322 e. The first-order valence-corrected chi connectivity index (χ1v) is 3.91. The Kier molecular flexibility index (Phi) is 9.97. The molecule has 5 nitrogen and oxygen atoms in total. The summed E-state index contributed by atoms with van der Waals surface area (Å²) in [7, 11) is 0. The third-order valence-electron chi connectivity index (χ3n) is 1.27. The van der Waals surface area contributed by atoms with E-state index < -0.39 is 18.6 Å². The highest BCUT2D eigenvalue weighted by molar-refractivity contribution is 5.85. The fourth-order valence-electron chi connectivity index (χ4n) is 0.506. The van der Waals surface area contributed by atoms with Crippen molar-refractivity contribution in [1.29, 1.82) is 0 Å². The lowest BCUT2D eigenvalue weighted by Crippen LogP contribution is -2.33. The molecule has 0 radical (unpaired) electrons. The summed E-state index contributed by atoms with van der Waals surface area (Å²) in [6.07, 6.45) is 0. The van der Waals surface area contributed by atoms with Gasteiger partial charge in [-0.1, -0.05) is 18.2 Å². The van der Waals surface area contributed by atoms with Gasteiger partial charge in [0.2, 0.25) is 0 Å². The van der Waals surface area contributed by atoms with Gasteiger partial charge >= 0.3 is 5.97 Å². The van der Waals surface area contributed by atoms with Crippen LogP contribution in [-0.2, 0) is 4.79 Å². The van der Waals surface area contributed by atoms with Crippen molar-refractivity contribution in [3.05, 3.63) is 30.3 Å². The molecule has 0 aliphatic carbocycles. The van der Waals surface area contributed by atoms with Crippen molar-refractivity contribution in [2.45, 2.75) is 6.04 Å². The summed E-state index contributed by atoms with van der Waals surface area (Å²) >= 11 is 0. The first-order valence-electron chi connectivity index (χ1n) is 3.91. The van der Waals surface area contributed by atoms with E-state index in [-0.39, 0.29) is 12.4 Å². The van der Waals surface area contributed by atoms with Gasteiger partial charge in [0.1, 0.15) is 11.8 Å². The number of aliphatic carboxylic acids is 1. The molecule has 0 heterocycles. The number of hydrogen-bond acceptors (Lipinski definition) is 4. The van der Waals surface area contributed by atoms with Gasteiger partial charge < -0.3 is 21.1 Å². The van der Waals surface area contributed by atoms with E-state index in [1.54, 1.807) is 24.3 Å². The summed E-state index contributed by atoms with van der Waals surface area (Å²) in [5.41, 5.74) is 4.77. The van der Waals surface area contributed by atoms with Crippen LogP contribution < -0.4 is 5.73 Å². The summed E-state index contributed by atoms with van der Waals surface area (Å²) in [6.45, 7) is -0.505. The number of aliphatic hydroxyl groups is 1. The van der Waals surface area contributed by atoms with Crippen LogP contribution in [0.1, 0.15) is 0 Å². The molecule has 6 heteroatoms. The second-order valence-electron chi connectivity index (χ2n) is 2.46. The molecule has 1 aromatic rings. The Labute approximate surface area is 93.6 Å². The number of rotatable bonds is 2. The van der Waals surface area contributed by atoms with Gasteiger partial charge in [-0.05, 0) is 12.1 Å². The van der Waals surface area contributed by atoms with E-state index in [0.29, 0.717) is 5.75 Å². The molecule has 0 aliphatic rings. The number of phenols is 1. The van der Waals surface area contributed by atoms with Crippen LogP contribution in [0.3, 0.4) is 0 Å². The van der Waals surface area contributed by atoms with E-state index in [2.05, 4.69) is 0 Å². The van der Waals surface area contributed by atoms with Crippen molar-refractivity contribution < 1.29 is 20.1 Å². The molecule has 1 rings (SSSR count). The average molecular weight is 236 g/mol. The van der Waals surface area contributed by atoms with Gasteiger partial charge in [-0.2, -0.15) is 0 Å². The summed E-state index contributed by atoms with van der Waals surface area (Å²) in [5.74, 6) is -0.856. The van der Waals surface area contributed by atoms with Crippen LogP contribution >= 0.6 is 12.4 Å². The minimum atomic E-state index is -1.18. The lowest BCUT2D eigenvalue weighted by Gasteiger charge is -1.96. The second kappa shape index (κ2) is 9.26. The second-order valence-corrected chi connectivity index (χ2v) is 2.46. The van der Waals surface area contributed by atoms with Gasteiger partial charge in [0.25, 0.3) is 0 Å². The largest absolute Gasteiger partial charge is 0.508 e. The minimum absolute atomic E-state index is 0. The van der Waals surface area contributed by atoms with E-state index in [9.17, 15) is 4.79 Å². The van der Waals surface area contributed by atoms with Crippen molar-refractivity contribution in [2.24, 2.45) is 5.73 Å². The molecule has 0 saturated carbocycles. The quantitative estimate of drug-likeness (QED) is 0.587. The lowest BCUT2D eigenvalue weighted by atomic mass is 10.3. The van der Waals surface area contributed by atoms with Crippen LogP contribution in [0.15, 0.2) is 30.3 Å². The van der Waals surface area contributed by atoms with Crippen LogP contribution in [0.5, 0.6) is 5.75 Å². The van der Waals surface area contributed by atoms with E-state index in [1.807, 2.05) is 6.07 Å². The average Bonchev–Trinajstić information content (AvgIpc) is 2.18. The molecule has 1 atom stereocenters. The molecule has 1 aromatic carbocycles. The molecule has 5 N–H and O–H groups in total. The zero-order valence-electron chi connectivity index (χ0n) is 7.91. The van der Waals surface area contributed by atoms with E-state index in [0.717, 1.165) is 0 Å². The Morgan fingerprint density at radius 2 is 1.80 bits per heavy atom. The number of benzene rings is 1. The van der Waals surface area contributed by atoms with Gasteiger partial charge in [0.05, 0.1) is 6.61 Å². The number of carboxylic acid groups (broad SMARTS) is 1. The molecule has 0 spiro atoms. The van der Waals surface area contributed by atoms with E-state index >= 15 is 0 Å². The van der Waals surface area contributed by atoms with Crippen LogP contribution in [0.25, 0.3) is 0 Å². The maximum atomic E-state index is 9.65. The van der Waals surface area contributed by atoms with Gasteiger partial charge in [-0.3, -0.25) is 4.79 Å². The molecule has 0 aromatic heterocycles. The molecular weight excluding hydrogens is 222 g/mol. The predicted molar refractivity (Wildman–Crippen MR) is 58.1 cm³/mol. The smallest absolute Gasteiger partial charge is 0.322 e. The van der Waals surface area contributed by atoms with Crippen LogP contribution in [0, 0.1) is 0 Å². The van der Waals surface area contributed by atoms with Gasteiger partial charge in [0.15, 0.2) is 0 Å². The molecule has 86 valence electrons. The molecule has 0 bridgehead atoms. The Balaban J connectivity index is 0. The van der Waals surface area contributed by atoms with Gasteiger partial charge in [-0.15, -0.1) is 12.4 Å². The van der Waals surface area contributed by atoms with Crippen LogP contribution in [0.2, 0.25) is 0 Å². The number of aliphatic hydroxyl groups excluding tert-OH is 1. The lowest BCUT2D eigenvalue weighted by molar-refractivity contribution is -0.139. The monoisotopic (exact) mass is 235 g/mol. The highest BCUT2D eigenvalue weighted by Gasteiger charge is 2.06. The summed E-state index contributed by atoms with van der Waals surface area (Å²) in [6, 6.07) is 7.59. The number of carboxylic acids is 1. The van der Waals surface area contributed by atoms with Crippen LogP contribution in [-0.4, -0.2) is 33.9 Å². The molecule has 15 heavy (non-hydrogen) atoms. The first-order chi connectivity index (χ1) is 6.57. The summed E-state index contributed by atoms with van der Waals surface area (Å²) in [4.78, 5) is 9.65. The SMILES string of the molecule is Cl.NC(CO)C(=O)O.Oc1ccccc1. The minimum Gasteiger partial charge on any atom is -0.508 e. The number of hydrogen-bond donors (Lipinski definition) is 4. The van der Waals surface area contributed by atoms with Crippen molar-refractivity contribution in [3.63, 3.8) is 0 Å². The Hall–Kier alpha value is -1.30. The summed E-state index contributed by atoms with van der Waals surface area (Å²) < 4.78 is 0. The maximum absolute atomic E-state index is 9.65. The van der Waals surface area contributed by atoms with Crippen molar-refractivity contribution >= 4 is 18.4 Å². The fourth-order valence-corrected chi connectivity index (χ4v) is 0.506. The summed E-state index contributed by atoms with van der Waals surface area (Å²) in [5, 5.41) is 24.5. The number of aromatic hydroxyl groups is 1. The third kappa shape index (κ3) is 9.01. The Morgan fingerprint density at radius 1 is 1.33 bits per heavy atom. The molecule has 0 amide bonds. The highest BCUT2D eigenvalue weighted by atomic mass is 35.5. The number of phenolic OH excluding ortho intramolecular Hbond substituents is 1. The Bertz CT molecular complexity index is 268. The number of carbonyl (C=O) groups is 1. The van der Waals surface area contributed by atoms with Crippen molar-refractivity contribution in [2.75, 3.05) is 6.61 Å². The van der Waals surface area contributed by atoms with Crippen LogP contribution in [0.4, 0.5) is 0 Å². The van der Waals surface area contributed by atoms with E-state index in [4.69, 9.17) is 21.1 Å². The number of nitrogens with two attached hydrogens (primary N) is 1. The molecular formula is C9H14ClNO4. The molecule has 0 saturated heterocycles. The van der Waals surface area contributed by atoms with Gasteiger partial charge in [-0.25, -0.2) is 0 Å². The fraction of sp³-hybridized carbons (Fsp3) is 0.222. The molecule has 0 fully saturated rings. The zero-order chi connectivity index (χ0) is 11.0. The third-order valence-corrected chi connectivity index (χ3v) is 1.27. The van der Waals surface area contributed by atoms with Crippen molar-refractivity contribution in [3.8, 4) is 5.75 Å². The zero-order valence-corrected chi connectivity index (χ0v) is 8.72.